The van der Waals surface area contributed by atoms with E-state index in [1.807, 2.05) is 15.7 Å². The Hall–Kier alpha value is -1.57. The van der Waals surface area contributed by atoms with E-state index in [0.717, 1.165) is 0 Å². The standard InChI is InChI=1S/C12H23B5N4O3/c1-19-6-7(18-9(19)13)20(2)10(23)21(8(6)22)5-3-4-11(14,15)12(16,17)24/h24H,3-5,13-17H2,1-2H3. The predicted molar refractivity (Wildman–Crippen MR) is 109 cm³/mol. The van der Waals surface area contributed by atoms with Crippen LogP contribution in [0, 0.1) is 0 Å². The van der Waals surface area contributed by atoms with E-state index < -0.39 is 5.40 Å². The maximum Gasteiger partial charge on any atom is 0.332 e. The number of hydrogen-bond donors (Lipinski definition) is 1. The Morgan fingerprint density at radius 2 is 1.71 bits per heavy atom. The van der Waals surface area contributed by atoms with Gasteiger partial charge in [-0.25, -0.2) is 9.78 Å². The molecule has 1 N–H and O–H groups in total. The molecule has 0 aromatic carbocycles. The lowest BCUT2D eigenvalue weighted by Crippen LogP contribution is -2.46. The van der Waals surface area contributed by atoms with Crippen molar-refractivity contribution in [3.63, 3.8) is 0 Å². The molecular formula is C12H23B5N4O3. The summed E-state index contributed by atoms with van der Waals surface area (Å²) in [5, 5.41) is 9.09. The van der Waals surface area contributed by atoms with Gasteiger partial charge in [-0.2, -0.15) is 0 Å². The van der Waals surface area contributed by atoms with Crippen LogP contribution < -0.4 is 17.0 Å². The monoisotopic (exact) mass is 326 g/mol. The zero-order valence-electron chi connectivity index (χ0n) is 15.7. The number of aryl methyl sites for hydroxylation is 2. The Labute approximate surface area is 145 Å². The molecule has 0 bridgehead atoms. The molecule has 0 spiro atoms. The minimum atomic E-state index is -0.827. The van der Waals surface area contributed by atoms with Crippen LogP contribution in [0.3, 0.4) is 0 Å². The Morgan fingerprint density at radius 3 is 2.25 bits per heavy atom. The summed E-state index contributed by atoms with van der Waals surface area (Å²) in [6, 6.07) is 0. The number of aromatic nitrogens is 4. The topological polar surface area (TPSA) is 82.1 Å². The van der Waals surface area contributed by atoms with Crippen LogP contribution in [0.4, 0.5) is 0 Å². The lowest BCUT2D eigenvalue weighted by atomic mass is 9.34. The highest BCUT2D eigenvalue weighted by Gasteiger charge is 2.33. The molecule has 2 aromatic rings. The quantitative estimate of drug-likeness (QED) is 0.555. The van der Waals surface area contributed by atoms with Gasteiger partial charge in [0.25, 0.3) is 5.56 Å². The second-order valence-corrected chi connectivity index (χ2v) is 7.74. The third kappa shape index (κ3) is 3.03. The third-order valence-electron chi connectivity index (χ3n) is 5.42. The van der Waals surface area contributed by atoms with Gasteiger partial charge < -0.3 is 9.67 Å². The Morgan fingerprint density at radius 1 is 1.12 bits per heavy atom. The molecule has 2 rings (SSSR count). The molecule has 24 heavy (non-hydrogen) atoms. The molecule has 124 valence electrons. The number of hydrogen-bond acceptors (Lipinski definition) is 4. The summed E-state index contributed by atoms with van der Waals surface area (Å²) < 4.78 is 4.41. The van der Waals surface area contributed by atoms with Gasteiger partial charge in [-0.15, -0.1) is 0 Å². The zero-order valence-corrected chi connectivity index (χ0v) is 15.7. The van der Waals surface area contributed by atoms with Crippen LogP contribution in [-0.4, -0.2) is 68.4 Å². The molecule has 0 aliphatic carbocycles. The summed E-state index contributed by atoms with van der Waals surface area (Å²) >= 11 is 0. The summed E-state index contributed by atoms with van der Waals surface area (Å²) in [6.45, 7) is 0.325. The molecule has 0 atom stereocenters. The molecule has 7 nitrogen and oxygen atoms in total. The van der Waals surface area contributed by atoms with Gasteiger partial charge in [-0.3, -0.25) is 13.9 Å². The maximum absolute atomic E-state index is 12.7. The van der Waals surface area contributed by atoms with Crippen molar-refractivity contribution in [1.29, 1.82) is 0 Å². The van der Waals surface area contributed by atoms with Crippen molar-refractivity contribution in [3.8, 4) is 0 Å². The Balaban J connectivity index is 2.39. The second kappa shape index (κ2) is 6.06. The van der Waals surface area contributed by atoms with E-state index in [-0.39, 0.29) is 16.5 Å². The molecule has 12 heteroatoms. The predicted octanol–water partition coefficient (Wildman–Crippen LogP) is -6.23. The van der Waals surface area contributed by atoms with E-state index in [1.54, 1.807) is 42.2 Å². The van der Waals surface area contributed by atoms with Gasteiger partial charge in [-0.1, -0.05) is 11.6 Å². The highest BCUT2D eigenvalue weighted by molar-refractivity contribution is 6.53. The van der Waals surface area contributed by atoms with Crippen LogP contribution in [0.5, 0.6) is 0 Å². The first-order chi connectivity index (χ1) is 10.9. The normalized spacial score (nSPS) is 12.8. The van der Waals surface area contributed by atoms with Crippen molar-refractivity contribution in [1.82, 2.24) is 18.7 Å². The molecule has 2 aromatic heterocycles. The Bertz CT molecular complexity index is 893. The fourth-order valence-corrected chi connectivity index (χ4v) is 2.73. The van der Waals surface area contributed by atoms with E-state index in [1.165, 1.54) is 9.13 Å². The van der Waals surface area contributed by atoms with Crippen LogP contribution in [0.2, 0.25) is 5.21 Å². The maximum atomic E-state index is 12.7. The number of nitrogens with zero attached hydrogens (tertiary/aromatic N) is 4. The minimum Gasteiger partial charge on any atom is -0.409 e. The first-order valence-corrected chi connectivity index (χ1v) is 8.23. The third-order valence-corrected chi connectivity index (χ3v) is 5.42. The fourth-order valence-electron chi connectivity index (χ4n) is 2.73. The minimum absolute atomic E-state index is 0.308. The van der Waals surface area contributed by atoms with E-state index in [9.17, 15) is 14.7 Å². The highest BCUT2D eigenvalue weighted by atomic mass is 16.3. The number of fused-ring (bicyclic) bond motifs is 1. The van der Waals surface area contributed by atoms with E-state index in [2.05, 4.69) is 4.98 Å². The molecular weight excluding hydrogens is 302 g/mol. The number of rotatable bonds is 5. The van der Waals surface area contributed by atoms with Crippen molar-refractivity contribution in [2.75, 3.05) is 0 Å². The van der Waals surface area contributed by atoms with Crippen LogP contribution in [0.15, 0.2) is 9.59 Å². The van der Waals surface area contributed by atoms with Gasteiger partial charge in [0.15, 0.2) is 19.0 Å². The average molecular weight is 325 g/mol. The molecule has 0 fully saturated rings. The number of aliphatic hydroxyl groups is 1. The summed E-state index contributed by atoms with van der Waals surface area (Å²) in [5.74, 6) is 0. The molecule has 0 saturated carbocycles. The van der Waals surface area contributed by atoms with Crippen molar-refractivity contribution in [3.05, 3.63) is 20.8 Å². The van der Waals surface area contributed by atoms with Gasteiger partial charge in [-0.05, 0) is 11.8 Å². The van der Waals surface area contributed by atoms with Gasteiger partial charge in [0.1, 0.15) is 31.4 Å². The zero-order chi connectivity index (χ0) is 18.4. The molecule has 0 amide bonds. The Kier molecular flexibility index (Phi) is 4.74. The van der Waals surface area contributed by atoms with Crippen molar-refractivity contribution in [2.24, 2.45) is 14.1 Å². The first kappa shape index (κ1) is 18.8. The lowest BCUT2D eigenvalue weighted by Gasteiger charge is -2.38. The number of imidazole rings is 1. The van der Waals surface area contributed by atoms with E-state index in [4.69, 9.17) is 0 Å². The van der Waals surface area contributed by atoms with Gasteiger partial charge in [0.2, 0.25) is 0 Å². The average Bonchev–Trinajstić information content (AvgIpc) is 2.75. The van der Waals surface area contributed by atoms with Gasteiger partial charge in [0, 0.05) is 20.6 Å². The van der Waals surface area contributed by atoms with Crippen LogP contribution in [0.1, 0.15) is 12.8 Å². The molecule has 0 aliphatic rings. The lowest BCUT2D eigenvalue weighted by molar-refractivity contribution is 0.182. The largest absolute Gasteiger partial charge is 0.409 e. The van der Waals surface area contributed by atoms with Crippen LogP contribution in [0.25, 0.3) is 11.2 Å². The molecule has 2 heterocycles. The first-order valence-electron chi connectivity index (χ1n) is 8.23. The van der Waals surface area contributed by atoms with E-state index >= 15 is 0 Å². The summed E-state index contributed by atoms with van der Waals surface area (Å²) in [7, 11) is 12.8. The summed E-state index contributed by atoms with van der Waals surface area (Å²) in [4.78, 5) is 29.5. The smallest absolute Gasteiger partial charge is 0.332 e. The summed E-state index contributed by atoms with van der Waals surface area (Å²) in [5.41, 5.74) is 0.886. The summed E-state index contributed by atoms with van der Waals surface area (Å²) in [6.07, 6.45) is 1.34. The van der Waals surface area contributed by atoms with Crippen molar-refractivity contribution < 1.29 is 5.11 Å². The molecule has 0 unspecified atom stereocenters. The fraction of sp³-hybridized carbons (Fsp3) is 0.583. The second-order valence-electron chi connectivity index (χ2n) is 7.74. The van der Waals surface area contributed by atoms with Crippen LogP contribution >= 0.6 is 0 Å². The van der Waals surface area contributed by atoms with Gasteiger partial charge >= 0.3 is 5.69 Å². The molecule has 0 saturated heterocycles. The van der Waals surface area contributed by atoms with Crippen molar-refractivity contribution >= 4 is 56.1 Å². The van der Waals surface area contributed by atoms with Crippen LogP contribution in [-0.2, 0) is 20.6 Å². The SMILES string of the molecule is Bc1nc2c(c(=O)n(CCCC(B)(B)C(B)(B)O)c(=O)n2C)n1C. The van der Waals surface area contributed by atoms with E-state index in [0.29, 0.717) is 36.3 Å². The molecule has 0 aliphatic heterocycles. The van der Waals surface area contributed by atoms with Gasteiger partial charge in [0.05, 0.1) is 5.72 Å². The highest BCUT2D eigenvalue weighted by Crippen LogP contribution is 2.32. The molecule has 0 radical (unpaired) electrons. The van der Waals surface area contributed by atoms with Crippen molar-refractivity contribution in [2.45, 2.75) is 30.0 Å².